The molecular formula is C42H74N10O2. The Labute approximate surface area is 325 Å². The summed E-state index contributed by atoms with van der Waals surface area (Å²) in [6, 6.07) is 0. The van der Waals surface area contributed by atoms with Crippen LogP contribution in [0.2, 0.25) is 0 Å². The number of amides is 2. The van der Waals surface area contributed by atoms with Crippen molar-refractivity contribution in [3.05, 3.63) is 34.9 Å². The first-order valence-corrected chi connectivity index (χ1v) is 21.3. The van der Waals surface area contributed by atoms with Crippen LogP contribution in [-0.2, 0) is 22.7 Å². The van der Waals surface area contributed by atoms with E-state index in [0.29, 0.717) is 23.7 Å². The topological polar surface area (TPSA) is 146 Å². The summed E-state index contributed by atoms with van der Waals surface area (Å²) in [5, 5.41) is 28.5. The minimum atomic E-state index is -0.137. The Hall–Kier alpha value is -2.80. The van der Waals surface area contributed by atoms with Gasteiger partial charge in [0.05, 0.1) is 23.2 Å². The molecule has 2 aliphatic heterocycles. The van der Waals surface area contributed by atoms with E-state index in [0.717, 1.165) is 129 Å². The quantitative estimate of drug-likeness (QED) is 0.131. The number of carbonyl (C=O) groups excluding carboxylic acids is 2. The third-order valence-corrected chi connectivity index (χ3v) is 14.4. The van der Waals surface area contributed by atoms with Crippen LogP contribution in [0.1, 0.15) is 152 Å². The predicted octanol–water partition coefficient (Wildman–Crippen LogP) is 5.57. The van der Waals surface area contributed by atoms with E-state index in [1.807, 2.05) is 26.5 Å². The highest BCUT2D eigenvalue weighted by Crippen LogP contribution is 2.51. The van der Waals surface area contributed by atoms with E-state index in [4.69, 9.17) is 0 Å². The monoisotopic (exact) mass is 751 g/mol. The molecule has 2 aliphatic carbocycles. The Morgan fingerprint density at radius 1 is 0.648 bits per heavy atom. The molecule has 12 nitrogen and oxygen atoms in total. The van der Waals surface area contributed by atoms with Gasteiger partial charge in [0.1, 0.15) is 0 Å². The average molecular weight is 751 g/mol. The molecule has 2 saturated heterocycles. The molecule has 2 spiro atoms. The molecule has 2 amide bonds. The Morgan fingerprint density at radius 2 is 1.00 bits per heavy atom. The number of rotatable bonds is 16. The first-order chi connectivity index (χ1) is 25.9. The second kappa shape index (κ2) is 18.4. The number of likely N-dealkylation sites (N-methyl/N-ethyl adjacent to an activating group) is 4. The summed E-state index contributed by atoms with van der Waals surface area (Å²) < 4.78 is 0. The molecule has 12 heteroatoms. The Balaban J connectivity index is 0.000000208. The van der Waals surface area contributed by atoms with E-state index < -0.39 is 0 Å². The van der Waals surface area contributed by atoms with E-state index in [9.17, 15) is 9.59 Å². The van der Waals surface area contributed by atoms with Crippen molar-refractivity contribution in [3.63, 3.8) is 0 Å². The van der Waals surface area contributed by atoms with Crippen LogP contribution in [0, 0.1) is 10.8 Å². The molecule has 6 N–H and O–H groups in total. The van der Waals surface area contributed by atoms with Crippen LogP contribution in [0.3, 0.4) is 0 Å². The molecule has 4 heterocycles. The molecule has 0 unspecified atom stereocenters. The number of aromatic nitrogens is 4. The van der Waals surface area contributed by atoms with Crippen molar-refractivity contribution in [1.82, 2.24) is 51.5 Å². The fraction of sp³-hybridized carbons (Fsp3) is 0.810. The number of aromatic amines is 2. The highest BCUT2D eigenvalue weighted by Gasteiger charge is 2.54. The van der Waals surface area contributed by atoms with Gasteiger partial charge in [-0.1, -0.05) is 27.7 Å². The second-order valence-electron chi connectivity index (χ2n) is 17.6. The first kappa shape index (κ1) is 42.3. The number of hydrogen-bond donors (Lipinski definition) is 6. The van der Waals surface area contributed by atoms with Crippen LogP contribution in [-0.4, -0.2) is 107 Å². The number of carbonyl (C=O) groups is 2. The van der Waals surface area contributed by atoms with E-state index in [2.05, 4.69) is 93.3 Å². The summed E-state index contributed by atoms with van der Waals surface area (Å²) >= 11 is 0. The van der Waals surface area contributed by atoms with Gasteiger partial charge in [0.2, 0.25) is 11.8 Å². The van der Waals surface area contributed by atoms with Gasteiger partial charge < -0.3 is 31.1 Å². The number of nitrogens with zero attached hydrogens (tertiary/aromatic N) is 4. The van der Waals surface area contributed by atoms with Crippen LogP contribution in [0.25, 0.3) is 0 Å². The van der Waals surface area contributed by atoms with Gasteiger partial charge in [0, 0.05) is 84.7 Å². The highest BCUT2D eigenvalue weighted by atomic mass is 16.2. The lowest BCUT2D eigenvalue weighted by Gasteiger charge is -2.38. The number of hydrogen-bond acceptors (Lipinski definition) is 8. The van der Waals surface area contributed by atoms with Gasteiger partial charge in [-0.2, -0.15) is 10.2 Å². The van der Waals surface area contributed by atoms with Gasteiger partial charge in [-0.05, 0) is 118 Å². The third-order valence-electron chi connectivity index (χ3n) is 14.4. The zero-order chi connectivity index (χ0) is 39.0. The molecule has 304 valence electrons. The Kier molecular flexibility index (Phi) is 14.5. The average Bonchev–Trinajstić information content (AvgIpc) is 3.95. The molecule has 0 bridgehead atoms. The third kappa shape index (κ3) is 9.24. The van der Waals surface area contributed by atoms with E-state index in [-0.39, 0.29) is 21.9 Å². The van der Waals surface area contributed by atoms with Crippen molar-refractivity contribution in [2.45, 2.75) is 154 Å². The minimum absolute atomic E-state index is 0.0311. The molecule has 4 fully saturated rings. The van der Waals surface area contributed by atoms with Crippen molar-refractivity contribution in [2.24, 2.45) is 10.8 Å². The number of nitrogens with one attached hydrogen (secondary N) is 6. The molecule has 54 heavy (non-hydrogen) atoms. The minimum Gasteiger partial charge on any atom is -0.350 e. The molecule has 4 aliphatic rings. The van der Waals surface area contributed by atoms with Gasteiger partial charge >= 0.3 is 0 Å². The molecule has 2 aromatic rings. The van der Waals surface area contributed by atoms with E-state index >= 15 is 0 Å². The zero-order valence-electron chi connectivity index (χ0n) is 35.1. The van der Waals surface area contributed by atoms with Gasteiger partial charge in [0.15, 0.2) is 0 Å². The fourth-order valence-corrected chi connectivity index (χ4v) is 10.4. The van der Waals surface area contributed by atoms with Gasteiger partial charge in [-0.3, -0.25) is 19.8 Å². The summed E-state index contributed by atoms with van der Waals surface area (Å²) in [4.78, 5) is 30.0. The lowest BCUT2D eigenvalue weighted by Crippen LogP contribution is -2.44. The van der Waals surface area contributed by atoms with Crippen molar-refractivity contribution < 1.29 is 9.59 Å². The van der Waals surface area contributed by atoms with Gasteiger partial charge in [-0.15, -0.1) is 0 Å². The lowest BCUT2D eigenvalue weighted by molar-refractivity contribution is -0.129. The summed E-state index contributed by atoms with van der Waals surface area (Å²) in [5.74, 6) is 1.64. The highest BCUT2D eigenvalue weighted by molar-refractivity contribution is 5.86. The molecule has 2 aromatic heterocycles. The summed E-state index contributed by atoms with van der Waals surface area (Å²) in [7, 11) is 8.30. The molecule has 0 radical (unpaired) electrons. The van der Waals surface area contributed by atoms with E-state index in [1.54, 1.807) is 0 Å². The zero-order valence-corrected chi connectivity index (χ0v) is 35.1. The molecular weight excluding hydrogens is 677 g/mol. The van der Waals surface area contributed by atoms with Crippen LogP contribution >= 0.6 is 0 Å². The second-order valence-corrected chi connectivity index (χ2v) is 17.6. The largest absolute Gasteiger partial charge is 0.350 e. The van der Waals surface area contributed by atoms with E-state index in [1.165, 1.54) is 22.5 Å². The number of H-pyrrole nitrogens is 2. The smallest absolute Gasteiger partial charge is 0.226 e. The normalized spacial score (nSPS) is 27.4. The Bertz CT molecular complexity index is 1370. The summed E-state index contributed by atoms with van der Waals surface area (Å²) in [6.45, 7) is 14.5. The summed E-state index contributed by atoms with van der Waals surface area (Å²) in [5.41, 5.74) is 5.05. The maximum atomic E-state index is 12.7. The van der Waals surface area contributed by atoms with Crippen LogP contribution < -0.4 is 21.3 Å². The lowest BCUT2D eigenvalue weighted by atomic mass is 9.69. The van der Waals surface area contributed by atoms with Crippen LogP contribution in [0.5, 0.6) is 0 Å². The Morgan fingerprint density at radius 3 is 1.30 bits per heavy atom. The molecule has 6 rings (SSSR count). The SMILES string of the molecule is CCC1(CC)CC2(CCC(c3[nH]ncc3CN(C)CCNC)CC2)NC1=O.CCC1(CC)CC2(CCC(c3[nH]ncc3CN(C)CCNC)CC2)NC1=O. The van der Waals surface area contributed by atoms with Crippen molar-refractivity contribution in [1.29, 1.82) is 0 Å². The van der Waals surface area contributed by atoms with Crippen LogP contribution in [0.4, 0.5) is 0 Å². The summed E-state index contributed by atoms with van der Waals surface area (Å²) in [6.07, 6.45) is 18.6. The first-order valence-electron chi connectivity index (χ1n) is 21.3. The maximum absolute atomic E-state index is 12.7. The van der Waals surface area contributed by atoms with Crippen LogP contribution in [0.15, 0.2) is 12.4 Å². The van der Waals surface area contributed by atoms with Gasteiger partial charge in [-0.25, -0.2) is 0 Å². The van der Waals surface area contributed by atoms with Gasteiger partial charge in [0.25, 0.3) is 0 Å². The predicted molar refractivity (Wildman–Crippen MR) is 217 cm³/mol. The molecule has 2 saturated carbocycles. The maximum Gasteiger partial charge on any atom is 0.226 e. The molecule has 0 atom stereocenters. The van der Waals surface area contributed by atoms with Crippen molar-refractivity contribution in [3.8, 4) is 0 Å². The fourth-order valence-electron chi connectivity index (χ4n) is 10.4. The molecule has 0 aromatic carbocycles. The van der Waals surface area contributed by atoms with Crippen molar-refractivity contribution >= 4 is 11.8 Å². The standard InChI is InChI=1S/2C21H37N5O/c2*1-5-20(6-2)15-21(24-19(20)27)9-7-16(8-10-21)18-17(13-23-25-18)14-26(4)12-11-22-3/h2*13,16,22H,5-12,14-15H2,1-4H3,(H,23,25)(H,24,27). The van der Waals surface area contributed by atoms with Crippen molar-refractivity contribution in [2.75, 3.05) is 54.4 Å².